The molecule has 7 N–H and O–H groups in total. The van der Waals surface area contributed by atoms with E-state index in [1.807, 2.05) is 6.92 Å². The van der Waals surface area contributed by atoms with Gasteiger partial charge in [-0.05, 0) is 80.1 Å². The van der Waals surface area contributed by atoms with Crippen LogP contribution in [0.4, 0.5) is 0 Å². The summed E-state index contributed by atoms with van der Waals surface area (Å²) in [5, 5.41) is 37.6. The number of fused-ring (bicyclic) bond motifs is 5. The highest BCUT2D eigenvalue weighted by molar-refractivity contribution is 5.93. The fourth-order valence-electron chi connectivity index (χ4n) is 9.29. The van der Waals surface area contributed by atoms with Gasteiger partial charge in [0, 0.05) is 24.7 Å². The summed E-state index contributed by atoms with van der Waals surface area (Å²) < 4.78 is 5.20. The Bertz CT molecular complexity index is 1410. The highest BCUT2D eigenvalue weighted by Gasteiger charge is 2.68. The minimum absolute atomic E-state index is 0.0368. The van der Waals surface area contributed by atoms with Gasteiger partial charge in [-0.25, -0.2) is 4.79 Å². The highest BCUT2D eigenvalue weighted by Crippen LogP contribution is 2.67. The Labute approximate surface area is 286 Å². The SMILES string of the molecule is CC(C)C(NC(=O)CCC(=O)OCC(=O)C1(O)CCC2C3CCC4=CC(=O)CCC4(C)C3C(O)CC21C)C(=O)NC(CCC(N)=O)C(=O)O. The smallest absolute Gasteiger partial charge is 0.326 e. The van der Waals surface area contributed by atoms with Gasteiger partial charge in [0.2, 0.25) is 23.5 Å². The van der Waals surface area contributed by atoms with Gasteiger partial charge in [0.25, 0.3) is 0 Å². The minimum atomic E-state index is -1.82. The number of carboxylic acids is 1. The topological polar surface area (TPSA) is 239 Å². The average Bonchev–Trinajstić information content (AvgIpc) is 3.29. The van der Waals surface area contributed by atoms with E-state index in [2.05, 4.69) is 17.6 Å². The molecule has 272 valence electrons. The van der Waals surface area contributed by atoms with E-state index >= 15 is 0 Å². The standard InChI is InChI=1S/C35H51N3O11/c1-18(2)30(31(45)37-23(32(46)47)7-8-26(36)42)38-27(43)9-10-28(44)49-17-25(41)35(48)14-12-22-21-6-5-19-15-20(39)11-13-33(19,3)29(21)24(40)16-34(22,35)4/h15,18,21-24,29-30,40,48H,5-14,16-17H2,1-4H3,(H2,36,42)(H,37,45)(H,38,43)(H,46,47). The molecule has 14 heteroatoms. The number of aliphatic hydroxyl groups is 2. The van der Waals surface area contributed by atoms with Crippen molar-refractivity contribution in [2.45, 2.75) is 122 Å². The predicted octanol–water partition coefficient (Wildman–Crippen LogP) is 1.09. The van der Waals surface area contributed by atoms with Gasteiger partial charge >= 0.3 is 11.9 Å². The van der Waals surface area contributed by atoms with Crippen molar-refractivity contribution in [1.29, 1.82) is 0 Å². The van der Waals surface area contributed by atoms with Crippen molar-refractivity contribution >= 4 is 41.2 Å². The number of aliphatic carboxylic acids is 1. The Hall–Kier alpha value is -3.65. The third kappa shape index (κ3) is 7.59. The molecule has 0 radical (unpaired) electrons. The van der Waals surface area contributed by atoms with Crippen LogP contribution in [0, 0.1) is 34.5 Å². The molecule has 0 bridgehead atoms. The molecule has 9 unspecified atom stereocenters. The summed E-state index contributed by atoms with van der Waals surface area (Å²) in [7, 11) is 0. The maximum atomic E-state index is 13.5. The van der Waals surface area contributed by atoms with E-state index in [0.717, 1.165) is 18.4 Å². The van der Waals surface area contributed by atoms with E-state index in [1.54, 1.807) is 19.9 Å². The lowest BCUT2D eigenvalue weighted by Crippen LogP contribution is -2.62. The van der Waals surface area contributed by atoms with Gasteiger partial charge in [0.15, 0.2) is 12.4 Å². The molecule has 4 rings (SSSR count). The Balaban J connectivity index is 1.31. The van der Waals surface area contributed by atoms with Crippen molar-refractivity contribution in [3.63, 3.8) is 0 Å². The van der Waals surface area contributed by atoms with Crippen molar-refractivity contribution in [1.82, 2.24) is 10.6 Å². The molecule has 9 atom stereocenters. The lowest BCUT2D eigenvalue weighted by atomic mass is 9.45. The number of nitrogens with one attached hydrogen (secondary N) is 2. The fraction of sp³-hybridized carbons (Fsp3) is 0.743. The average molecular weight is 690 g/mol. The molecule has 49 heavy (non-hydrogen) atoms. The summed E-state index contributed by atoms with van der Waals surface area (Å²) in [5.74, 6) is -5.46. The number of esters is 1. The fourth-order valence-corrected chi connectivity index (χ4v) is 9.29. The van der Waals surface area contributed by atoms with Crippen molar-refractivity contribution in [2.75, 3.05) is 6.61 Å². The van der Waals surface area contributed by atoms with Crippen LogP contribution in [0.1, 0.15) is 98.3 Å². The second-order valence-electron chi connectivity index (χ2n) is 15.3. The first-order valence-corrected chi connectivity index (χ1v) is 17.3. The zero-order chi connectivity index (χ0) is 36.5. The van der Waals surface area contributed by atoms with E-state index in [1.165, 1.54) is 0 Å². The summed E-state index contributed by atoms with van der Waals surface area (Å²) in [6.45, 7) is 6.53. The van der Waals surface area contributed by atoms with Gasteiger partial charge in [0.1, 0.15) is 17.7 Å². The molecule has 0 aromatic rings. The summed E-state index contributed by atoms with van der Waals surface area (Å²) in [4.78, 5) is 86.2. The van der Waals surface area contributed by atoms with Crippen LogP contribution in [0.25, 0.3) is 0 Å². The van der Waals surface area contributed by atoms with Crippen molar-refractivity contribution in [3.05, 3.63) is 11.6 Å². The zero-order valence-electron chi connectivity index (χ0n) is 28.8. The van der Waals surface area contributed by atoms with Crippen molar-refractivity contribution in [3.8, 4) is 0 Å². The van der Waals surface area contributed by atoms with Gasteiger partial charge in [-0.2, -0.15) is 0 Å². The van der Waals surface area contributed by atoms with E-state index in [4.69, 9.17) is 10.5 Å². The van der Waals surface area contributed by atoms with Crippen LogP contribution in [0.5, 0.6) is 0 Å². The lowest BCUT2D eigenvalue weighted by Gasteiger charge is -2.60. The number of carbonyl (C=O) groups is 7. The van der Waals surface area contributed by atoms with Gasteiger partial charge in [-0.1, -0.05) is 33.3 Å². The molecule has 0 saturated heterocycles. The molecule has 4 aliphatic carbocycles. The Morgan fingerprint density at radius 3 is 2.35 bits per heavy atom. The second-order valence-corrected chi connectivity index (χ2v) is 15.3. The maximum Gasteiger partial charge on any atom is 0.326 e. The maximum absolute atomic E-state index is 13.5. The summed E-state index contributed by atoms with van der Waals surface area (Å²) in [6, 6.07) is -2.53. The third-order valence-electron chi connectivity index (χ3n) is 12.0. The predicted molar refractivity (Wildman–Crippen MR) is 173 cm³/mol. The number of ketones is 2. The number of amides is 3. The van der Waals surface area contributed by atoms with Gasteiger partial charge in [-0.3, -0.25) is 28.8 Å². The molecule has 0 aromatic heterocycles. The minimum Gasteiger partial charge on any atom is -0.480 e. The van der Waals surface area contributed by atoms with Crippen LogP contribution in [-0.2, 0) is 38.3 Å². The number of hydrogen-bond acceptors (Lipinski definition) is 10. The number of primary amides is 1. The van der Waals surface area contributed by atoms with Crippen molar-refractivity contribution < 1.29 is 53.6 Å². The number of nitrogens with two attached hydrogens (primary N) is 1. The molecule has 3 saturated carbocycles. The number of ether oxygens (including phenoxy) is 1. The molecule has 0 aromatic carbocycles. The molecular formula is C35H51N3O11. The molecule has 0 heterocycles. The van der Waals surface area contributed by atoms with Gasteiger partial charge < -0.3 is 36.4 Å². The van der Waals surface area contributed by atoms with E-state index in [0.29, 0.717) is 19.3 Å². The largest absolute Gasteiger partial charge is 0.480 e. The summed E-state index contributed by atoms with van der Waals surface area (Å²) in [5.41, 5.74) is 3.10. The Morgan fingerprint density at radius 2 is 1.71 bits per heavy atom. The van der Waals surface area contributed by atoms with Crippen LogP contribution < -0.4 is 16.4 Å². The van der Waals surface area contributed by atoms with Crippen LogP contribution in [0.2, 0.25) is 0 Å². The molecule has 4 aliphatic rings. The molecule has 3 amide bonds. The van der Waals surface area contributed by atoms with Crippen LogP contribution >= 0.6 is 0 Å². The monoisotopic (exact) mass is 689 g/mol. The normalized spacial score (nSPS) is 33.2. The highest BCUT2D eigenvalue weighted by atomic mass is 16.5. The third-order valence-corrected chi connectivity index (χ3v) is 12.0. The van der Waals surface area contributed by atoms with Gasteiger partial charge in [0.05, 0.1) is 12.5 Å². The first-order valence-electron chi connectivity index (χ1n) is 17.3. The Kier molecular flexibility index (Phi) is 11.4. The van der Waals surface area contributed by atoms with E-state index < -0.39 is 83.6 Å². The number of carbonyl (C=O) groups excluding carboxylic acids is 6. The number of Topliss-reactive ketones (excluding diaryl/α,β-unsaturated/α-hetero) is 1. The molecule has 3 fully saturated rings. The molecule has 0 aliphatic heterocycles. The Morgan fingerprint density at radius 1 is 1.02 bits per heavy atom. The number of hydrogen-bond donors (Lipinski definition) is 6. The van der Waals surface area contributed by atoms with E-state index in [-0.39, 0.29) is 61.1 Å². The summed E-state index contributed by atoms with van der Waals surface area (Å²) in [6.07, 6.45) is 3.24. The van der Waals surface area contributed by atoms with Crippen LogP contribution in [-0.4, -0.2) is 86.9 Å². The number of rotatable bonds is 14. The second kappa shape index (κ2) is 14.7. The quantitative estimate of drug-likeness (QED) is 0.141. The number of carboxylic acid groups (broad SMARTS) is 1. The number of allylic oxidation sites excluding steroid dienone is 1. The van der Waals surface area contributed by atoms with E-state index in [9.17, 15) is 48.9 Å². The first-order chi connectivity index (χ1) is 22.8. The number of aliphatic hydroxyl groups excluding tert-OH is 1. The molecule has 0 spiro atoms. The van der Waals surface area contributed by atoms with Crippen LogP contribution in [0.3, 0.4) is 0 Å². The van der Waals surface area contributed by atoms with Gasteiger partial charge in [-0.15, -0.1) is 0 Å². The van der Waals surface area contributed by atoms with Crippen LogP contribution in [0.15, 0.2) is 11.6 Å². The van der Waals surface area contributed by atoms with Crippen molar-refractivity contribution in [2.24, 2.45) is 40.2 Å². The molecular weight excluding hydrogens is 638 g/mol. The zero-order valence-corrected chi connectivity index (χ0v) is 28.8. The summed E-state index contributed by atoms with van der Waals surface area (Å²) >= 11 is 0. The first kappa shape index (κ1) is 38.2. The lowest BCUT2D eigenvalue weighted by molar-refractivity contribution is -0.184. The molecule has 14 nitrogen and oxygen atoms in total.